The van der Waals surface area contributed by atoms with Crippen LogP contribution >= 0.6 is 11.8 Å². The van der Waals surface area contributed by atoms with Gasteiger partial charge in [-0.05, 0) is 36.0 Å². The number of halogens is 4. The molecule has 1 aromatic carbocycles. The molecular weight excluding hydrogens is 346 g/mol. The lowest BCUT2D eigenvalue weighted by Gasteiger charge is -2.17. The molecule has 0 aliphatic carbocycles. The summed E-state index contributed by atoms with van der Waals surface area (Å²) in [6.45, 7) is 0.0216. The zero-order valence-electron chi connectivity index (χ0n) is 11.0. The largest absolute Gasteiger partial charge is 0.446 e. The number of rotatable bonds is 4. The molecule has 1 unspecified atom stereocenters. The van der Waals surface area contributed by atoms with Crippen LogP contribution in [0.25, 0.3) is 0 Å². The first-order valence-electron chi connectivity index (χ1n) is 6.12. The molecular formula is C12H11F4NO3S2. The van der Waals surface area contributed by atoms with Crippen LogP contribution in [0.1, 0.15) is 6.42 Å². The Bertz CT molecular complexity index is 658. The molecule has 122 valence electrons. The van der Waals surface area contributed by atoms with Crippen molar-refractivity contribution in [3.05, 3.63) is 24.3 Å². The van der Waals surface area contributed by atoms with Gasteiger partial charge < -0.3 is 4.90 Å². The minimum absolute atomic E-state index is 0.0216. The fourth-order valence-electron chi connectivity index (χ4n) is 2.25. The van der Waals surface area contributed by atoms with E-state index < -0.39 is 27.4 Å². The summed E-state index contributed by atoms with van der Waals surface area (Å²) in [5.41, 5.74) is -4.04. The minimum atomic E-state index is -4.67. The lowest BCUT2D eigenvalue weighted by Crippen LogP contribution is -2.25. The van der Waals surface area contributed by atoms with Gasteiger partial charge in [0.2, 0.25) is 5.91 Å². The minimum Gasteiger partial charge on any atom is -0.312 e. The summed E-state index contributed by atoms with van der Waals surface area (Å²) < 4.78 is 70.5. The van der Waals surface area contributed by atoms with Crippen molar-refractivity contribution in [1.29, 1.82) is 0 Å². The molecule has 0 radical (unpaired) electrons. The number of hydrogen-bond donors (Lipinski definition) is 0. The summed E-state index contributed by atoms with van der Waals surface area (Å²) in [4.78, 5) is 13.0. The third-order valence-corrected chi connectivity index (χ3v) is 4.63. The Morgan fingerprint density at radius 3 is 2.32 bits per heavy atom. The molecule has 0 spiro atoms. The summed E-state index contributed by atoms with van der Waals surface area (Å²) in [5.74, 6) is -1.78. The van der Waals surface area contributed by atoms with Crippen molar-refractivity contribution in [2.24, 2.45) is 5.92 Å². The Balaban J connectivity index is 2.07. The lowest BCUT2D eigenvalue weighted by molar-refractivity contribution is -0.117. The maximum atomic E-state index is 12.6. The number of thioether (sulfide) groups is 1. The van der Waals surface area contributed by atoms with Crippen LogP contribution in [0.15, 0.2) is 29.2 Å². The molecule has 1 heterocycles. The Morgan fingerprint density at radius 1 is 1.23 bits per heavy atom. The quantitative estimate of drug-likeness (QED) is 0.472. The van der Waals surface area contributed by atoms with Gasteiger partial charge in [0.05, 0.1) is 5.75 Å². The molecule has 1 aromatic rings. The maximum Gasteiger partial charge on any atom is 0.446 e. The van der Waals surface area contributed by atoms with E-state index in [2.05, 4.69) is 0 Å². The smallest absolute Gasteiger partial charge is 0.312 e. The Labute approximate surface area is 128 Å². The van der Waals surface area contributed by atoms with Crippen LogP contribution in [0.3, 0.4) is 0 Å². The van der Waals surface area contributed by atoms with Crippen molar-refractivity contribution >= 4 is 33.6 Å². The third-order valence-electron chi connectivity index (χ3n) is 3.02. The molecule has 0 aromatic heterocycles. The maximum absolute atomic E-state index is 12.6. The van der Waals surface area contributed by atoms with Crippen molar-refractivity contribution in [1.82, 2.24) is 0 Å². The molecule has 4 nitrogen and oxygen atoms in total. The van der Waals surface area contributed by atoms with Crippen molar-refractivity contribution in [3.8, 4) is 0 Å². The summed E-state index contributed by atoms with van der Waals surface area (Å²) in [7, 11) is -4.67. The predicted molar refractivity (Wildman–Crippen MR) is 73.7 cm³/mol. The van der Waals surface area contributed by atoms with Gasteiger partial charge in [0.15, 0.2) is 0 Å². The van der Waals surface area contributed by atoms with E-state index in [0.29, 0.717) is 5.69 Å². The van der Waals surface area contributed by atoms with Crippen LogP contribution < -0.4 is 4.90 Å². The second-order valence-electron chi connectivity index (χ2n) is 4.82. The second kappa shape index (κ2) is 6.07. The van der Waals surface area contributed by atoms with Crippen LogP contribution in [0.5, 0.6) is 0 Å². The van der Waals surface area contributed by atoms with E-state index in [1.165, 1.54) is 29.2 Å². The molecule has 1 aliphatic heterocycles. The molecule has 0 saturated carbocycles. The average Bonchev–Trinajstić information content (AvgIpc) is 2.66. The summed E-state index contributed by atoms with van der Waals surface area (Å²) in [6, 6.07) is 5.14. The first-order valence-corrected chi connectivity index (χ1v) is 8.49. The summed E-state index contributed by atoms with van der Waals surface area (Å²) >= 11 is -0.271. The van der Waals surface area contributed by atoms with E-state index in [4.69, 9.17) is 0 Å². The normalized spacial score (nSPS) is 19.7. The van der Waals surface area contributed by atoms with E-state index in [1.54, 1.807) is 0 Å². The molecule has 22 heavy (non-hydrogen) atoms. The Kier molecular flexibility index (Phi) is 4.71. The van der Waals surface area contributed by atoms with Crippen LogP contribution in [-0.4, -0.2) is 32.1 Å². The average molecular weight is 357 g/mol. The number of carbonyl (C=O) groups excluding carboxylic acids is 1. The van der Waals surface area contributed by atoms with Gasteiger partial charge in [-0.3, -0.25) is 4.79 Å². The molecule has 2 rings (SSSR count). The highest BCUT2D eigenvalue weighted by atomic mass is 32.3. The number of amides is 1. The van der Waals surface area contributed by atoms with Gasteiger partial charge in [0, 0.05) is 29.5 Å². The standard InChI is InChI=1S/C12H11F4NO3S2/c13-12(14,15)21-10-3-1-9(2-4-10)17-6-8(5-11(17)18)7-22(16,19)20/h1-4,8H,5-7H2. The number of carbonyl (C=O) groups is 1. The highest BCUT2D eigenvalue weighted by molar-refractivity contribution is 8.00. The molecule has 10 heteroatoms. The zero-order chi connectivity index (χ0) is 16.5. The van der Waals surface area contributed by atoms with E-state index >= 15 is 0 Å². The van der Waals surface area contributed by atoms with Gasteiger partial charge in [-0.25, -0.2) is 0 Å². The Morgan fingerprint density at radius 2 is 1.82 bits per heavy atom. The second-order valence-corrected chi connectivity index (χ2v) is 7.37. The number of alkyl halides is 3. The van der Waals surface area contributed by atoms with Crippen molar-refractivity contribution in [3.63, 3.8) is 0 Å². The monoisotopic (exact) mass is 357 g/mol. The molecule has 1 saturated heterocycles. The van der Waals surface area contributed by atoms with Gasteiger partial charge in [0.25, 0.3) is 0 Å². The molecule has 0 N–H and O–H groups in total. The van der Waals surface area contributed by atoms with Gasteiger partial charge >= 0.3 is 15.7 Å². The number of anilines is 1. The van der Waals surface area contributed by atoms with Gasteiger partial charge in [-0.15, -0.1) is 3.89 Å². The molecule has 1 atom stereocenters. The van der Waals surface area contributed by atoms with E-state index in [1.807, 2.05) is 0 Å². The zero-order valence-corrected chi connectivity index (χ0v) is 12.6. The molecule has 0 bridgehead atoms. The fourth-order valence-corrected chi connectivity index (χ4v) is 3.58. The molecule has 1 amide bonds. The van der Waals surface area contributed by atoms with Crippen LogP contribution in [-0.2, 0) is 15.0 Å². The predicted octanol–water partition coefficient (Wildman–Crippen LogP) is 2.95. The fraction of sp³-hybridized carbons (Fsp3) is 0.417. The van der Waals surface area contributed by atoms with E-state index in [-0.39, 0.29) is 35.5 Å². The highest BCUT2D eigenvalue weighted by Gasteiger charge is 2.34. The van der Waals surface area contributed by atoms with E-state index in [0.717, 1.165) is 0 Å². The number of nitrogens with zero attached hydrogens (tertiary/aromatic N) is 1. The first kappa shape index (κ1) is 17.1. The molecule has 1 aliphatic rings. The SMILES string of the molecule is O=C1CC(CS(=O)(=O)F)CN1c1ccc(SC(F)(F)F)cc1. The van der Waals surface area contributed by atoms with Crippen LogP contribution in [0, 0.1) is 5.92 Å². The molecule has 1 fully saturated rings. The van der Waals surface area contributed by atoms with E-state index in [9.17, 15) is 30.3 Å². The topological polar surface area (TPSA) is 54.5 Å². The Hall–Kier alpha value is -1.29. The summed E-state index contributed by atoms with van der Waals surface area (Å²) in [5, 5.41) is 0. The number of benzene rings is 1. The van der Waals surface area contributed by atoms with Gasteiger partial charge in [0.1, 0.15) is 0 Å². The van der Waals surface area contributed by atoms with Crippen LogP contribution in [0.4, 0.5) is 22.7 Å². The first-order chi connectivity index (χ1) is 10.0. The summed E-state index contributed by atoms with van der Waals surface area (Å²) in [6.07, 6.45) is -0.109. The van der Waals surface area contributed by atoms with Crippen LogP contribution in [0.2, 0.25) is 0 Å². The lowest BCUT2D eigenvalue weighted by atomic mass is 10.1. The van der Waals surface area contributed by atoms with Crippen molar-refractivity contribution in [2.75, 3.05) is 17.2 Å². The van der Waals surface area contributed by atoms with Crippen molar-refractivity contribution in [2.45, 2.75) is 16.8 Å². The highest BCUT2D eigenvalue weighted by Crippen LogP contribution is 2.37. The van der Waals surface area contributed by atoms with Crippen molar-refractivity contribution < 1.29 is 30.3 Å². The van der Waals surface area contributed by atoms with Gasteiger partial charge in [-0.1, -0.05) is 0 Å². The number of hydrogen-bond acceptors (Lipinski definition) is 4. The van der Waals surface area contributed by atoms with Gasteiger partial charge in [-0.2, -0.15) is 21.6 Å². The third kappa shape index (κ3) is 4.87.